The SMILES string of the molecule is CC(C)(C)c1nc(NC(=O)c2cc(C(F)(F)F)cc(C(F)(F)F)c2)sc1-n1cncn1. The molecule has 0 bridgehead atoms. The van der Waals surface area contributed by atoms with Crippen LogP contribution in [0.5, 0.6) is 0 Å². The Morgan fingerprint density at radius 3 is 2.03 bits per heavy atom. The summed E-state index contributed by atoms with van der Waals surface area (Å²) < 4.78 is 79.7. The zero-order valence-electron chi connectivity index (χ0n) is 16.3. The molecule has 0 atom stereocenters. The minimum atomic E-state index is -5.06. The van der Waals surface area contributed by atoms with Gasteiger partial charge in [0.1, 0.15) is 17.7 Å². The Morgan fingerprint density at radius 1 is 1.00 bits per heavy atom. The maximum Gasteiger partial charge on any atom is 0.416 e. The van der Waals surface area contributed by atoms with Crippen molar-refractivity contribution in [3.8, 4) is 5.00 Å². The second-order valence-electron chi connectivity index (χ2n) is 7.51. The molecule has 13 heteroatoms. The summed E-state index contributed by atoms with van der Waals surface area (Å²) >= 11 is 0.960. The Balaban J connectivity index is 2.00. The number of alkyl halides is 6. The van der Waals surface area contributed by atoms with Gasteiger partial charge < -0.3 is 0 Å². The lowest BCUT2D eigenvalue weighted by atomic mass is 9.92. The number of amides is 1. The zero-order valence-corrected chi connectivity index (χ0v) is 17.1. The molecule has 0 aliphatic heterocycles. The van der Waals surface area contributed by atoms with Crippen LogP contribution in [0.2, 0.25) is 0 Å². The lowest BCUT2D eigenvalue weighted by Crippen LogP contribution is -2.18. The molecular formula is C18H15F6N5OS. The molecule has 1 aromatic carbocycles. The van der Waals surface area contributed by atoms with Gasteiger partial charge in [-0.1, -0.05) is 32.1 Å². The third kappa shape index (κ3) is 5.03. The van der Waals surface area contributed by atoms with Crippen LogP contribution < -0.4 is 5.32 Å². The van der Waals surface area contributed by atoms with Crippen LogP contribution in [0.15, 0.2) is 30.9 Å². The van der Waals surface area contributed by atoms with Gasteiger partial charge in [0.2, 0.25) is 0 Å². The predicted octanol–water partition coefficient (Wildman–Crippen LogP) is 5.31. The van der Waals surface area contributed by atoms with Crippen molar-refractivity contribution in [2.75, 3.05) is 5.32 Å². The Morgan fingerprint density at radius 2 is 1.58 bits per heavy atom. The molecule has 0 saturated carbocycles. The second kappa shape index (κ2) is 7.62. The maximum absolute atomic E-state index is 13.0. The molecule has 0 radical (unpaired) electrons. The van der Waals surface area contributed by atoms with Crippen molar-refractivity contribution >= 4 is 22.4 Å². The minimum absolute atomic E-state index is 0.00797. The first kappa shape index (κ1) is 22.7. The number of benzene rings is 1. The number of carbonyl (C=O) groups is 1. The number of thiazole rings is 1. The zero-order chi connectivity index (χ0) is 23.2. The summed E-state index contributed by atoms with van der Waals surface area (Å²) in [5.74, 6) is -1.16. The van der Waals surface area contributed by atoms with E-state index in [2.05, 4.69) is 20.4 Å². The fraction of sp³-hybridized carbons (Fsp3) is 0.333. The van der Waals surface area contributed by atoms with Crippen molar-refractivity contribution in [2.45, 2.75) is 38.5 Å². The van der Waals surface area contributed by atoms with E-state index in [9.17, 15) is 31.1 Å². The molecule has 2 aromatic heterocycles. The molecule has 1 N–H and O–H groups in total. The summed E-state index contributed by atoms with van der Waals surface area (Å²) in [5.41, 5.74) is -3.94. The molecule has 166 valence electrons. The first-order valence-corrected chi connectivity index (χ1v) is 9.45. The number of halogens is 6. The van der Waals surface area contributed by atoms with Gasteiger partial charge >= 0.3 is 12.4 Å². The van der Waals surface area contributed by atoms with E-state index in [1.807, 2.05) is 20.8 Å². The van der Waals surface area contributed by atoms with Gasteiger partial charge in [-0.2, -0.15) is 31.4 Å². The van der Waals surface area contributed by atoms with Crippen LogP contribution in [-0.4, -0.2) is 25.7 Å². The minimum Gasteiger partial charge on any atom is -0.298 e. The highest BCUT2D eigenvalue weighted by atomic mass is 32.1. The largest absolute Gasteiger partial charge is 0.416 e. The molecule has 0 unspecified atom stereocenters. The van der Waals surface area contributed by atoms with Gasteiger partial charge in [-0.25, -0.2) is 14.6 Å². The highest BCUT2D eigenvalue weighted by Crippen LogP contribution is 2.37. The Labute approximate surface area is 175 Å². The second-order valence-corrected chi connectivity index (χ2v) is 8.49. The van der Waals surface area contributed by atoms with Crippen molar-refractivity contribution in [2.24, 2.45) is 0 Å². The molecule has 6 nitrogen and oxygen atoms in total. The monoisotopic (exact) mass is 463 g/mol. The van der Waals surface area contributed by atoms with E-state index in [1.54, 1.807) is 0 Å². The normalized spacial score (nSPS) is 12.8. The molecule has 0 saturated heterocycles. The van der Waals surface area contributed by atoms with Crippen LogP contribution in [0, 0.1) is 0 Å². The van der Waals surface area contributed by atoms with Gasteiger partial charge in [0.05, 0.1) is 16.8 Å². The van der Waals surface area contributed by atoms with Crippen molar-refractivity contribution in [3.63, 3.8) is 0 Å². The molecule has 0 spiro atoms. The maximum atomic E-state index is 13.0. The number of rotatable bonds is 3. The van der Waals surface area contributed by atoms with Crippen molar-refractivity contribution in [1.82, 2.24) is 19.7 Å². The summed E-state index contributed by atoms with van der Waals surface area (Å²) in [6.07, 6.45) is -7.43. The van der Waals surface area contributed by atoms with Crippen LogP contribution in [0.1, 0.15) is 48.0 Å². The van der Waals surface area contributed by atoms with Crippen molar-refractivity contribution < 1.29 is 31.1 Å². The smallest absolute Gasteiger partial charge is 0.298 e. The van der Waals surface area contributed by atoms with Crippen LogP contribution in [0.4, 0.5) is 31.5 Å². The Hall–Kier alpha value is -2.96. The summed E-state index contributed by atoms with van der Waals surface area (Å²) in [6.45, 7) is 5.53. The van der Waals surface area contributed by atoms with Crippen molar-refractivity contribution in [1.29, 1.82) is 0 Å². The summed E-state index contributed by atoms with van der Waals surface area (Å²) in [7, 11) is 0. The predicted molar refractivity (Wildman–Crippen MR) is 100 cm³/mol. The van der Waals surface area contributed by atoms with E-state index in [4.69, 9.17) is 0 Å². The Bertz CT molecular complexity index is 1060. The van der Waals surface area contributed by atoms with E-state index >= 15 is 0 Å². The number of hydrogen-bond donors (Lipinski definition) is 1. The number of aromatic nitrogens is 4. The van der Waals surface area contributed by atoms with E-state index in [0.717, 1.165) is 11.3 Å². The van der Waals surface area contributed by atoms with E-state index < -0.39 is 40.4 Å². The fourth-order valence-electron chi connectivity index (χ4n) is 2.58. The summed E-state index contributed by atoms with van der Waals surface area (Å²) in [5, 5.41) is 6.78. The summed E-state index contributed by atoms with van der Waals surface area (Å²) in [4.78, 5) is 20.6. The standard InChI is InChI=1S/C18H15F6N5OS/c1-16(2,3)12-14(29-8-25-7-26-29)31-15(27-12)28-13(30)9-4-10(17(19,20)21)6-11(5-9)18(22,23)24/h4-8H,1-3H3,(H,27,28,30). The third-order valence-electron chi connectivity index (χ3n) is 4.02. The van der Waals surface area contributed by atoms with E-state index in [1.165, 1.54) is 17.3 Å². The van der Waals surface area contributed by atoms with Gasteiger partial charge in [0.15, 0.2) is 5.13 Å². The number of nitrogens with one attached hydrogen (secondary N) is 1. The first-order valence-electron chi connectivity index (χ1n) is 8.63. The molecule has 0 aliphatic rings. The van der Waals surface area contributed by atoms with Gasteiger partial charge in [0.25, 0.3) is 5.91 Å². The van der Waals surface area contributed by atoms with Crippen LogP contribution in [-0.2, 0) is 17.8 Å². The quantitative estimate of drug-likeness (QED) is 0.535. The lowest BCUT2D eigenvalue weighted by molar-refractivity contribution is -0.143. The summed E-state index contributed by atoms with van der Waals surface area (Å²) in [6, 6.07) is 0.684. The number of carbonyl (C=O) groups excluding carboxylic acids is 1. The van der Waals surface area contributed by atoms with Crippen LogP contribution in [0.3, 0.4) is 0 Å². The van der Waals surface area contributed by atoms with Gasteiger partial charge in [-0.05, 0) is 18.2 Å². The van der Waals surface area contributed by atoms with Gasteiger partial charge in [-0.15, -0.1) is 0 Å². The van der Waals surface area contributed by atoms with E-state index in [0.29, 0.717) is 22.8 Å². The fourth-order valence-corrected chi connectivity index (χ4v) is 3.68. The molecule has 1 amide bonds. The molecule has 0 fully saturated rings. The average molecular weight is 463 g/mol. The molecular weight excluding hydrogens is 448 g/mol. The third-order valence-corrected chi connectivity index (χ3v) is 4.98. The van der Waals surface area contributed by atoms with Crippen LogP contribution >= 0.6 is 11.3 Å². The first-order chi connectivity index (χ1) is 14.2. The molecule has 2 heterocycles. The Kier molecular flexibility index (Phi) is 5.59. The number of anilines is 1. The number of nitrogens with zero attached hydrogens (tertiary/aromatic N) is 4. The molecule has 31 heavy (non-hydrogen) atoms. The molecule has 0 aliphatic carbocycles. The highest BCUT2D eigenvalue weighted by molar-refractivity contribution is 7.18. The molecule has 3 rings (SSSR count). The highest BCUT2D eigenvalue weighted by Gasteiger charge is 2.37. The van der Waals surface area contributed by atoms with Gasteiger partial charge in [-0.3, -0.25) is 10.1 Å². The van der Waals surface area contributed by atoms with E-state index in [-0.39, 0.29) is 11.2 Å². The number of hydrogen-bond acceptors (Lipinski definition) is 5. The average Bonchev–Trinajstić information content (AvgIpc) is 3.28. The van der Waals surface area contributed by atoms with Crippen molar-refractivity contribution in [3.05, 3.63) is 53.2 Å². The lowest BCUT2D eigenvalue weighted by Gasteiger charge is -2.16. The van der Waals surface area contributed by atoms with Gasteiger partial charge in [0, 0.05) is 11.0 Å². The van der Waals surface area contributed by atoms with Crippen LogP contribution in [0.25, 0.3) is 5.00 Å². The topological polar surface area (TPSA) is 72.7 Å². The molecule has 3 aromatic rings.